The summed E-state index contributed by atoms with van der Waals surface area (Å²) in [6, 6.07) is 14.5. The van der Waals surface area contributed by atoms with E-state index in [0.717, 1.165) is 22.9 Å². The van der Waals surface area contributed by atoms with Gasteiger partial charge in [-0.25, -0.2) is 4.39 Å². The lowest BCUT2D eigenvalue weighted by atomic mass is 9.91. The minimum atomic E-state index is -4.41. The van der Waals surface area contributed by atoms with Crippen molar-refractivity contribution >= 4 is 10.8 Å². The lowest BCUT2D eigenvalue weighted by Crippen LogP contribution is -2.65. The molecule has 3 aromatic carbocycles. The number of fused-ring (bicyclic) bond motifs is 1. The van der Waals surface area contributed by atoms with Crippen molar-refractivity contribution in [3.63, 3.8) is 0 Å². The topological polar surface area (TPSA) is 53.5 Å². The molecule has 1 fully saturated rings. The molecule has 1 saturated heterocycles. The third-order valence-electron chi connectivity index (χ3n) is 5.61. The van der Waals surface area contributed by atoms with Crippen molar-refractivity contribution < 1.29 is 27.4 Å². The number of alkyl halides is 4. The van der Waals surface area contributed by atoms with Gasteiger partial charge >= 0.3 is 6.18 Å². The summed E-state index contributed by atoms with van der Waals surface area (Å²) in [6.45, 7) is 2.19. The Kier molecular flexibility index (Phi) is 5.63. The first kappa shape index (κ1) is 21.5. The smallest absolute Gasteiger partial charge is 0.416 e. The van der Waals surface area contributed by atoms with Crippen LogP contribution in [-0.2, 0) is 6.18 Å². The van der Waals surface area contributed by atoms with Crippen molar-refractivity contribution in [1.82, 2.24) is 10.6 Å². The van der Waals surface area contributed by atoms with Gasteiger partial charge in [-0.2, -0.15) is 13.2 Å². The number of aliphatic hydroxyl groups excluding tert-OH is 1. The average Bonchev–Trinajstić information content (AvgIpc) is 2.71. The van der Waals surface area contributed by atoms with E-state index in [2.05, 4.69) is 10.6 Å². The summed E-state index contributed by atoms with van der Waals surface area (Å²) in [5.74, 6) is 0.755. The van der Waals surface area contributed by atoms with Gasteiger partial charge in [0.1, 0.15) is 17.7 Å². The first-order valence-electron chi connectivity index (χ1n) is 9.87. The number of benzene rings is 3. The fourth-order valence-electron chi connectivity index (χ4n) is 3.52. The SMILES string of the molecule is C[C@H](NC(O)c1ccc2c(Oc3ccc(C(F)(F)F)cc3)cccc2c1)C1(F)CNC1. The van der Waals surface area contributed by atoms with E-state index >= 15 is 0 Å². The third-order valence-corrected chi connectivity index (χ3v) is 5.61. The molecule has 1 unspecified atom stereocenters. The van der Waals surface area contributed by atoms with E-state index in [-0.39, 0.29) is 18.8 Å². The molecule has 2 atom stereocenters. The van der Waals surface area contributed by atoms with E-state index in [9.17, 15) is 22.7 Å². The maximum absolute atomic E-state index is 14.5. The van der Waals surface area contributed by atoms with Crippen LogP contribution in [0.1, 0.15) is 24.3 Å². The standard InChI is InChI=1S/C23H22F4N2O2/c1-14(22(24)12-28-13-22)29-21(30)16-5-10-19-15(11-16)3-2-4-20(19)31-18-8-6-17(7-9-18)23(25,26)27/h2-11,14,21,28-30H,12-13H2,1H3/t14-,21?/m0/s1. The van der Waals surface area contributed by atoms with Gasteiger partial charge in [-0.05, 0) is 54.3 Å². The maximum Gasteiger partial charge on any atom is 0.416 e. The maximum atomic E-state index is 14.5. The van der Waals surface area contributed by atoms with Crippen LogP contribution in [0.15, 0.2) is 60.7 Å². The predicted molar refractivity (Wildman–Crippen MR) is 110 cm³/mol. The fourth-order valence-corrected chi connectivity index (χ4v) is 3.52. The van der Waals surface area contributed by atoms with Gasteiger partial charge in [0.25, 0.3) is 0 Å². The summed E-state index contributed by atoms with van der Waals surface area (Å²) in [6.07, 6.45) is -5.45. The summed E-state index contributed by atoms with van der Waals surface area (Å²) in [5, 5.41) is 17.8. The molecule has 8 heteroatoms. The molecule has 1 aliphatic rings. The molecule has 0 saturated carbocycles. The Morgan fingerprint density at radius 1 is 1.06 bits per heavy atom. The molecule has 0 amide bonds. The van der Waals surface area contributed by atoms with Gasteiger partial charge in [0, 0.05) is 24.5 Å². The minimum Gasteiger partial charge on any atom is -0.457 e. The number of aliphatic hydroxyl groups is 1. The molecule has 0 aromatic heterocycles. The Hall–Kier alpha value is -2.68. The van der Waals surface area contributed by atoms with Crippen LogP contribution in [0, 0.1) is 0 Å². The minimum absolute atomic E-state index is 0.246. The number of ether oxygens (including phenoxy) is 1. The predicted octanol–water partition coefficient (Wildman–Crippen LogP) is 4.93. The second-order valence-corrected chi connectivity index (χ2v) is 7.79. The van der Waals surface area contributed by atoms with Gasteiger partial charge in [-0.1, -0.05) is 24.3 Å². The van der Waals surface area contributed by atoms with Crippen LogP contribution in [0.3, 0.4) is 0 Å². The molecule has 4 nitrogen and oxygen atoms in total. The Bertz CT molecular complexity index is 1070. The fraction of sp³-hybridized carbons (Fsp3) is 0.304. The van der Waals surface area contributed by atoms with Crippen molar-refractivity contribution in [3.8, 4) is 11.5 Å². The zero-order valence-corrected chi connectivity index (χ0v) is 16.7. The molecule has 1 heterocycles. The van der Waals surface area contributed by atoms with Crippen molar-refractivity contribution in [2.45, 2.75) is 31.0 Å². The molecule has 0 spiro atoms. The molecular weight excluding hydrogens is 412 g/mol. The van der Waals surface area contributed by atoms with Gasteiger partial charge in [-0.15, -0.1) is 0 Å². The summed E-state index contributed by atoms with van der Waals surface area (Å²) < 4.78 is 58.5. The zero-order valence-electron chi connectivity index (χ0n) is 16.7. The van der Waals surface area contributed by atoms with Crippen LogP contribution in [0.5, 0.6) is 11.5 Å². The average molecular weight is 434 g/mol. The summed E-state index contributed by atoms with van der Waals surface area (Å²) in [4.78, 5) is 0. The highest BCUT2D eigenvalue weighted by Crippen LogP contribution is 2.34. The van der Waals surface area contributed by atoms with Crippen LogP contribution in [0.4, 0.5) is 17.6 Å². The van der Waals surface area contributed by atoms with E-state index in [4.69, 9.17) is 4.74 Å². The number of hydrogen-bond donors (Lipinski definition) is 3. The van der Waals surface area contributed by atoms with Gasteiger partial charge in [0.15, 0.2) is 5.67 Å². The van der Waals surface area contributed by atoms with Gasteiger partial charge in [-0.3, -0.25) is 5.32 Å². The molecule has 0 radical (unpaired) electrons. The van der Waals surface area contributed by atoms with Gasteiger partial charge in [0.05, 0.1) is 5.56 Å². The highest BCUT2D eigenvalue weighted by Gasteiger charge is 2.43. The van der Waals surface area contributed by atoms with Gasteiger partial charge < -0.3 is 15.2 Å². The molecule has 31 heavy (non-hydrogen) atoms. The van der Waals surface area contributed by atoms with Gasteiger partial charge in [0.2, 0.25) is 0 Å². The molecule has 0 bridgehead atoms. The molecular formula is C23H22F4N2O2. The number of nitrogens with one attached hydrogen (secondary N) is 2. The van der Waals surface area contributed by atoms with Crippen molar-refractivity contribution in [2.75, 3.05) is 13.1 Å². The second kappa shape index (κ2) is 8.11. The molecule has 1 aliphatic heterocycles. The first-order valence-corrected chi connectivity index (χ1v) is 9.87. The third kappa shape index (κ3) is 4.51. The van der Waals surface area contributed by atoms with Crippen molar-refractivity contribution in [3.05, 3.63) is 71.8 Å². The Morgan fingerprint density at radius 3 is 2.39 bits per heavy atom. The molecule has 4 rings (SSSR count). The van der Waals surface area contributed by atoms with E-state index < -0.39 is 29.7 Å². The lowest BCUT2D eigenvalue weighted by Gasteiger charge is -2.41. The summed E-state index contributed by atoms with van der Waals surface area (Å²) in [7, 11) is 0. The van der Waals surface area contributed by atoms with Crippen LogP contribution in [-0.4, -0.2) is 29.9 Å². The summed E-state index contributed by atoms with van der Waals surface area (Å²) >= 11 is 0. The monoisotopic (exact) mass is 434 g/mol. The highest BCUT2D eigenvalue weighted by molar-refractivity contribution is 5.89. The Morgan fingerprint density at radius 2 is 1.77 bits per heavy atom. The zero-order chi connectivity index (χ0) is 22.2. The number of halogens is 4. The van der Waals surface area contributed by atoms with Crippen LogP contribution in [0.2, 0.25) is 0 Å². The van der Waals surface area contributed by atoms with E-state index in [0.29, 0.717) is 11.3 Å². The molecule has 3 aromatic rings. The van der Waals surface area contributed by atoms with E-state index in [1.54, 1.807) is 37.3 Å². The first-order chi connectivity index (χ1) is 14.7. The largest absolute Gasteiger partial charge is 0.457 e. The van der Waals surface area contributed by atoms with Crippen LogP contribution in [0.25, 0.3) is 10.8 Å². The summed E-state index contributed by atoms with van der Waals surface area (Å²) in [5.41, 5.74) is -1.56. The quantitative estimate of drug-likeness (QED) is 0.380. The normalized spacial score (nSPS) is 17.7. The highest BCUT2D eigenvalue weighted by atomic mass is 19.4. The van der Waals surface area contributed by atoms with E-state index in [1.807, 2.05) is 6.07 Å². The molecule has 3 N–H and O–H groups in total. The van der Waals surface area contributed by atoms with Crippen molar-refractivity contribution in [1.29, 1.82) is 0 Å². The molecule has 0 aliphatic carbocycles. The van der Waals surface area contributed by atoms with E-state index in [1.165, 1.54) is 12.1 Å². The lowest BCUT2D eigenvalue weighted by molar-refractivity contribution is -0.137. The van der Waals surface area contributed by atoms with Crippen LogP contribution >= 0.6 is 0 Å². The second-order valence-electron chi connectivity index (χ2n) is 7.79. The number of rotatable bonds is 6. The Labute approximate surface area is 176 Å². The molecule has 164 valence electrons. The number of hydrogen-bond acceptors (Lipinski definition) is 4. The van der Waals surface area contributed by atoms with Crippen molar-refractivity contribution in [2.24, 2.45) is 0 Å². The Balaban J connectivity index is 1.52. The van der Waals surface area contributed by atoms with Crippen LogP contribution < -0.4 is 15.4 Å².